The van der Waals surface area contributed by atoms with Crippen LogP contribution in [-0.2, 0) is 9.53 Å². The van der Waals surface area contributed by atoms with E-state index in [2.05, 4.69) is 25.8 Å². The molecule has 0 saturated heterocycles. The second kappa shape index (κ2) is 12.6. The number of methoxy groups -OCH3 is 1. The zero-order valence-electron chi connectivity index (χ0n) is 25.5. The second-order valence-corrected chi connectivity index (χ2v) is 12.2. The third-order valence-electron chi connectivity index (χ3n) is 7.81. The monoisotopic (exact) mass is 567 g/mol. The van der Waals surface area contributed by atoms with Crippen LogP contribution in [0.15, 0.2) is 24.4 Å². The van der Waals surface area contributed by atoms with Gasteiger partial charge in [0.1, 0.15) is 11.4 Å². The van der Waals surface area contributed by atoms with Crippen LogP contribution >= 0.6 is 0 Å². The molecule has 2 aliphatic rings. The maximum absolute atomic E-state index is 13.1. The molecule has 2 amide bonds. The van der Waals surface area contributed by atoms with Crippen molar-refractivity contribution in [1.29, 1.82) is 0 Å². The standard InChI is InChI=1S/C30H45N7O4/c1-29(2,14-15-41-30(3,4)19-31-5)35-27(39)20-12-13-22(24(16-20)40-7)33-28-32-17-23-26(34-28)37(18-25(38)36(23)6)21-10-8-9-11-21/h12-13,16-17,21,31H,8-11,14-15,18-19H2,1-7H3,(H,35,39)(H,32,33,34). The van der Waals surface area contributed by atoms with Crippen molar-refractivity contribution in [2.24, 2.45) is 0 Å². The van der Waals surface area contributed by atoms with Gasteiger partial charge in [-0.25, -0.2) is 4.98 Å². The first-order valence-electron chi connectivity index (χ1n) is 14.4. The molecule has 11 heteroatoms. The van der Waals surface area contributed by atoms with Gasteiger partial charge in [0.2, 0.25) is 11.9 Å². The van der Waals surface area contributed by atoms with Crippen LogP contribution in [0.4, 0.5) is 23.1 Å². The number of ether oxygens (including phenoxy) is 2. The summed E-state index contributed by atoms with van der Waals surface area (Å²) in [6, 6.07) is 5.54. The van der Waals surface area contributed by atoms with Crippen molar-refractivity contribution in [2.45, 2.75) is 77.0 Å². The van der Waals surface area contributed by atoms with Gasteiger partial charge in [0.05, 0.1) is 31.1 Å². The lowest BCUT2D eigenvalue weighted by molar-refractivity contribution is -0.117. The third kappa shape index (κ3) is 7.45. The molecule has 0 bridgehead atoms. The average molecular weight is 568 g/mol. The van der Waals surface area contributed by atoms with E-state index in [4.69, 9.17) is 14.5 Å². The summed E-state index contributed by atoms with van der Waals surface area (Å²) in [5.74, 6) is 1.49. The van der Waals surface area contributed by atoms with Gasteiger partial charge < -0.3 is 35.2 Å². The summed E-state index contributed by atoms with van der Waals surface area (Å²) in [7, 11) is 5.22. The van der Waals surface area contributed by atoms with E-state index in [1.54, 1.807) is 43.5 Å². The van der Waals surface area contributed by atoms with Gasteiger partial charge in [-0.3, -0.25) is 9.59 Å². The Hall–Kier alpha value is -3.44. The lowest BCUT2D eigenvalue weighted by Gasteiger charge is -2.37. The number of carbonyl (C=O) groups excluding carboxylic acids is 2. The molecule has 2 heterocycles. The molecule has 1 saturated carbocycles. The fourth-order valence-electron chi connectivity index (χ4n) is 5.41. The van der Waals surface area contributed by atoms with Crippen LogP contribution in [-0.4, -0.2) is 79.9 Å². The SMILES string of the molecule is CNCC(C)(C)OCCC(C)(C)NC(=O)c1ccc(Nc2ncc3c(n2)N(C2CCCC2)CC(=O)N3C)c(OC)c1. The largest absolute Gasteiger partial charge is 0.495 e. The normalized spacial score (nSPS) is 16.1. The zero-order valence-corrected chi connectivity index (χ0v) is 25.5. The molecule has 1 fully saturated rings. The number of nitrogens with one attached hydrogen (secondary N) is 3. The molecule has 41 heavy (non-hydrogen) atoms. The first-order valence-corrected chi connectivity index (χ1v) is 14.4. The highest BCUT2D eigenvalue weighted by Crippen LogP contribution is 2.37. The van der Waals surface area contributed by atoms with Crippen LogP contribution < -0.4 is 30.5 Å². The molecule has 0 unspecified atom stereocenters. The van der Waals surface area contributed by atoms with E-state index in [-0.39, 0.29) is 17.4 Å². The molecule has 0 spiro atoms. The fourth-order valence-corrected chi connectivity index (χ4v) is 5.41. The summed E-state index contributed by atoms with van der Waals surface area (Å²) in [5.41, 5.74) is 1.07. The number of rotatable bonds is 12. The average Bonchev–Trinajstić information content (AvgIpc) is 3.45. The maximum Gasteiger partial charge on any atom is 0.251 e. The van der Waals surface area contributed by atoms with Crippen LogP contribution in [0.3, 0.4) is 0 Å². The number of hydrogen-bond acceptors (Lipinski definition) is 9. The molecule has 4 rings (SSSR count). The van der Waals surface area contributed by atoms with E-state index in [1.165, 1.54) is 0 Å². The summed E-state index contributed by atoms with van der Waals surface area (Å²) >= 11 is 0. The summed E-state index contributed by atoms with van der Waals surface area (Å²) in [4.78, 5) is 38.8. The number of likely N-dealkylation sites (N-methyl/N-ethyl adjacent to an activating group) is 2. The molecule has 2 aromatic rings. The van der Waals surface area contributed by atoms with Crippen molar-refractivity contribution in [1.82, 2.24) is 20.6 Å². The highest BCUT2D eigenvalue weighted by Gasteiger charge is 2.34. The number of nitrogens with zero attached hydrogens (tertiary/aromatic N) is 4. The molecule has 1 aliphatic carbocycles. The summed E-state index contributed by atoms with van der Waals surface area (Å²) < 4.78 is 11.6. The number of anilines is 4. The fraction of sp³-hybridized carbons (Fsp3) is 0.600. The van der Waals surface area contributed by atoms with Crippen LogP contribution in [0.5, 0.6) is 5.75 Å². The topological polar surface area (TPSA) is 121 Å². The van der Waals surface area contributed by atoms with Gasteiger partial charge in [0.25, 0.3) is 5.91 Å². The van der Waals surface area contributed by atoms with Crippen molar-refractivity contribution < 1.29 is 19.1 Å². The van der Waals surface area contributed by atoms with Crippen LogP contribution in [0.25, 0.3) is 0 Å². The molecule has 11 nitrogen and oxygen atoms in total. The summed E-state index contributed by atoms with van der Waals surface area (Å²) in [6.07, 6.45) is 6.78. The second-order valence-electron chi connectivity index (χ2n) is 12.2. The molecule has 1 aromatic carbocycles. The van der Waals surface area contributed by atoms with E-state index < -0.39 is 5.54 Å². The Balaban J connectivity index is 1.46. The van der Waals surface area contributed by atoms with Gasteiger partial charge >= 0.3 is 0 Å². The van der Waals surface area contributed by atoms with E-state index >= 15 is 0 Å². The quantitative estimate of drug-likeness (QED) is 0.351. The Morgan fingerprint density at radius 2 is 1.90 bits per heavy atom. The minimum atomic E-state index is -0.465. The lowest BCUT2D eigenvalue weighted by Crippen LogP contribution is -2.48. The van der Waals surface area contributed by atoms with Crippen molar-refractivity contribution >= 4 is 35.0 Å². The number of amides is 2. The van der Waals surface area contributed by atoms with Gasteiger partial charge in [0, 0.05) is 37.3 Å². The van der Waals surface area contributed by atoms with E-state index in [0.29, 0.717) is 54.3 Å². The minimum absolute atomic E-state index is 0.0394. The van der Waals surface area contributed by atoms with Gasteiger partial charge in [-0.2, -0.15) is 4.98 Å². The molecule has 0 atom stereocenters. The Labute approximate surface area is 243 Å². The maximum atomic E-state index is 13.1. The zero-order chi connectivity index (χ0) is 29.8. The van der Waals surface area contributed by atoms with E-state index in [9.17, 15) is 9.59 Å². The first-order chi connectivity index (χ1) is 19.4. The molecule has 224 valence electrons. The van der Waals surface area contributed by atoms with E-state index in [1.807, 2.05) is 34.7 Å². The van der Waals surface area contributed by atoms with Gasteiger partial charge in [-0.1, -0.05) is 12.8 Å². The summed E-state index contributed by atoms with van der Waals surface area (Å²) in [5, 5.41) is 9.49. The van der Waals surface area contributed by atoms with Crippen molar-refractivity contribution in [3.05, 3.63) is 30.0 Å². The highest BCUT2D eigenvalue weighted by atomic mass is 16.5. The highest BCUT2D eigenvalue weighted by molar-refractivity contribution is 6.02. The smallest absolute Gasteiger partial charge is 0.251 e. The van der Waals surface area contributed by atoms with Gasteiger partial charge in [-0.05, 0) is 72.2 Å². The van der Waals surface area contributed by atoms with Crippen molar-refractivity contribution in [3.63, 3.8) is 0 Å². The van der Waals surface area contributed by atoms with Crippen LogP contribution in [0, 0.1) is 0 Å². The van der Waals surface area contributed by atoms with Gasteiger partial charge in [-0.15, -0.1) is 0 Å². The predicted molar refractivity (Wildman–Crippen MR) is 161 cm³/mol. The van der Waals surface area contributed by atoms with Crippen LogP contribution in [0.1, 0.15) is 70.2 Å². The summed E-state index contributed by atoms with van der Waals surface area (Å²) in [6.45, 7) is 9.63. The third-order valence-corrected chi connectivity index (χ3v) is 7.81. The molecular formula is C30H45N7O4. The molecule has 1 aliphatic heterocycles. The van der Waals surface area contributed by atoms with Gasteiger partial charge in [0.15, 0.2) is 5.82 Å². The minimum Gasteiger partial charge on any atom is -0.495 e. The Bertz CT molecular complexity index is 1240. The number of carbonyl (C=O) groups is 2. The molecule has 0 radical (unpaired) electrons. The molecule has 3 N–H and O–H groups in total. The van der Waals surface area contributed by atoms with Crippen molar-refractivity contribution in [3.8, 4) is 5.75 Å². The van der Waals surface area contributed by atoms with Crippen LogP contribution in [0.2, 0.25) is 0 Å². The number of hydrogen-bond donors (Lipinski definition) is 3. The number of fused-ring (bicyclic) bond motifs is 1. The predicted octanol–water partition coefficient (Wildman–Crippen LogP) is 3.87. The molecule has 1 aromatic heterocycles. The Morgan fingerprint density at radius 1 is 1.17 bits per heavy atom. The van der Waals surface area contributed by atoms with Crippen molar-refractivity contribution in [2.75, 3.05) is 56.0 Å². The van der Waals surface area contributed by atoms with E-state index in [0.717, 1.165) is 38.0 Å². The first kappa shape index (κ1) is 30.5. The number of aromatic nitrogens is 2. The Kier molecular flexibility index (Phi) is 9.38. The number of benzene rings is 1. The Morgan fingerprint density at radius 3 is 2.59 bits per heavy atom. The lowest BCUT2D eigenvalue weighted by atomic mass is 10.00. The molecular weight excluding hydrogens is 522 g/mol.